The molecule has 2 fully saturated rings. The molecule has 4 atom stereocenters. The number of anilines is 2. The number of aromatic nitrogens is 3. The lowest BCUT2D eigenvalue weighted by molar-refractivity contribution is -0.0157. The van der Waals surface area contributed by atoms with E-state index in [9.17, 15) is 14.3 Å². The third-order valence-corrected chi connectivity index (χ3v) is 10.2. The second-order valence-corrected chi connectivity index (χ2v) is 13.6. The van der Waals surface area contributed by atoms with Gasteiger partial charge in [-0.15, -0.1) is 0 Å². The summed E-state index contributed by atoms with van der Waals surface area (Å²) >= 11 is 0. The Labute approximate surface area is 301 Å². The highest BCUT2D eigenvalue weighted by Crippen LogP contribution is 2.46. The Hall–Kier alpha value is -4.74. The van der Waals surface area contributed by atoms with E-state index < -0.39 is 41.5 Å². The number of hydrogen-bond donors (Lipinski definition) is 1. The lowest BCUT2D eigenvalue weighted by Crippen LogP contribution is -2.46. The molecule has 0 radical (unpaired) electrons. The van der Waals surface area contributed by atoms with E-state index in [4.69, 9.17) is 13.6 Å². The summed E-state index contributed by atoms with van der Waals surface area (Å²) in [7, 11) is 0. The van der Waals surface area contributed by atoms with Gasteiger partial charge in [0, 0.05) is 55.1 Å². The first-order valence-electron chi connectivity index (χ1n) is 19.1. The third kappa shape index (κ3) is 7.36. The van der Waals surface area contributed by atoms with Crippen LogP contribution in [-0.2, 0) is 10.3 Å². The molecule has 2 aliphatic heterocycles. The number of aliphatic hydroxyl groups excluding tert-OH is 1. The summed E-state index contributed by atoms with van der Waals surface area (Å²) in [5, 5.41) is 14.3. The van der Waals surface area contributed by atoms with Gasteiger partial charge in [0.15, 0.2) is 0 Å². The van der Waals surface area contributed by atoms with Crippen molar-refractivity contribution in [2.75, 3.05) is 49.2 Å². The molecular formula is C40H45F2N5O4. The van der Waals surface area contributed by atoms with E-state index in [0.29, 0.717) is 30.7 Å². The zero-order chi connectivity index (χ0) is 38.1. The standard InChI is InChI=1S/C40H45F2N5O4/c1-3-38(28(2)48)47-39(49)46(27-43-47)34-11-9-32(10-12-34)44-18-20-45(21-19-44)33-13-15-35(16-14-33)50-25-30-24-40(51-26-30,23-29-6-4-5-7-29)36-17-8-31(41)22-37(36)42/h4-17,22,27-30,38,48H,3,18-21,23-26H2,1-2H3/t28-,30+,38-,40+/m0/s1/i8D,17D,22D. The van der Waals surface area contributed by atoms with Crippen LogP contribution in [0.4, 0.5) is 20.2 Å². The van der Waals surface area contributed by atoms with Gasteiger partial charge in [-0.1, -0.05) is 37.3 Å². The Bertz CT molecular complexity index is 2040. The van der Waals surface area contributed by atoms with Gasteiger partial charge >= 0.3 is 5.69 Å². The predicted molar refractivity (Wildman–Crippen MR) is 194 cm³/mol. The molecule has 7 rings (SSSR count). The molecule has 1 aliphatic carbocycles. The summed E-state index contributed by atoms with van der Waals surface area (Å²) in [5.74, 6) is -2.05. The Morgan fingerprint density at radius 2 is 1.63 bits per heavy atom. The minimum atomic E-state index is -1.34. The largest absolute Gasteiger partial charge is 0.493 e. The molecule has 0 saturated carbocycles. The number of hydrogen-bond acceptors (Lipinski definition) is 7. The first kappa shape index (κ1) is 31.0. The SMILES string of the molecule is [2H]c1c([2H])c([C@@]2(CC3C=CC=C3)C[C@H](COc3ccc(N4CCN(c5ccc(-n6cnn([C@@H](CC)[C@H](C)O)c6=O)cc5)CC4)cc3)CO2)c(F)c([2H])c1F. The van der Waals surface area contributed by atoms with Crippen LogP contribution in [0, 0.1) is 23.5 Å². The van der Waals surface area contributed by atoms with Crippen LogP contribution in [0.3, 0.4) is 0 Å². The number of ether oxygens (including phenoxy) is 2. The van der Waals surface area contributed by atoms with Crippen molar-refractivity contribution >= 4 is 11.4 Å². The maximum Gasteiger partial charge on any atom is 0.350 e. The molecule has 268 valence electrons. The molecule has 9 nitrogen and oxygen atoms in total. The fourth-order valence-electron chi connectivity index (χ4n) is 7.51. The lowest BCUT2D eigenvalue weighted by atomic mass is 9.80. The predicted octanol–water partition coefficient (Wildman–Crippen LogP) is 6.41. The molecule has 0 amide bonds. The maximum absolute atomic E-state index is 15.5. The molecule has 4 aromatic rings. The van der Waals surface area contributed by atoms with Crippen molar-refractivity contribution in [2.45, 2.75) is 50.9 Å². The van der Waals surface area contributed by atoms with Crippen LogP contribution < -0.4 is 20.2 Å². The monoisotopic (exact) mass is 700 g/mol. The Morgan fingerprint density at radius 3 is 2.25 bits per heavy atom. The van der Waals surface area contributed by atoms with Crippen LogP contribution >= 0.6 is 0 Å². The fraction of sp³-hybridized carbons (Fsp3) is 0.400. The number of benzene rings is 3. The highest BCUT2D eigenvalue weighted by atomic mass is 19.1. The molecule has 0 bridgehead atoms. The van der Waals surface area contributed by atoms with Gasteiger partial charge in [0.25, 0.3) is 0 Å². The van der Waals surface area contributed by atoms with Crippen LogP contribution in [0.2, 0.25) is 0 Å². The zero-order valence-electron chi connectivity index (χ0n) is 31.8. The lowest BCUT2D eigenvalue weighted by Gasteiger charge is -2.37. The summed E-state index contributed by atoms with van der Waals surface area (Å²) in [6.45, 7) is 7.36. The minimum absolute atomic E-state index is 0.0859. The van der Waals surface area contributed by atoms with Crippen molar-refractivity contribution in [1.29, 1.82) is 0 Å². The quantitative estimate of drug-likeness (QED) is 0.183. The number of rotatable bonds is 12. The molecule has 3 heterocycles. The van der Waals surface area contributed by atoms with E-state index >= 15 is 4.39 Å². The average Bonchev–Trinajstić information content (AvgIpc) is 3.94. The summed E-state index contributed by atoms with van der Waals surface area (Å²) in [4.78, 5) is 17.6. The highest BCUT2D eigenvalue weighted by molar-refractivity contribution is 5.54. The smallest absolute Gasteiger partial charge is 0.350 e. The van der Waals surface area contributed by atoms with Gasteiger partial charge in [-0.05, 0) is 86.7 Å². The number of allylic oxidation sites excluding steroid dienone is 4. The molecule has 1 aromatic heterocycles. The zero-order valence-corrected chi connectivity index (χ0v) is 28.8. The van der Waals surface area contributed by atoms with E-state index in [2.05, 4.69) is 14.9 Å². The second-order valence-electron chi connectivity index (χ2n) is 13.6. The molecule has 2 saturated heterocycles. The van der Waals surface area contributed by atoms with Crippen molar-refractivity contribution in [1.82, 2.24) is 14.3 Å². The molecule has 3 aromatic carbocycles. The number of piperazine rings is 1. The van der Waals surface area contributed by atoms with Gasteiger partial charge in [-0.2, -0.15) is 5.10 Å². The van der Waals surface area contributed by atoms with E-state index in [1.54, 1.807) is 6.92 Å². The first-order valence-corrected chi connectivity index (χ1v) is 17.6. The molecule has 11 heteroatoms. The number of halogens is 2. The summed E-state index contributed by atoms with van der Waals surface area (Å²) in [5.41, 5.74) is 1.05. The van der Waals surface area contributed by atoms with Crippen LogP contribution in [0.5, 0.6) is 5.75 Å². The molecule has 51 heavy (non-hydrogen) atoms. The van der Waals surface area contributed by atoms with Crippen molar-refractivity contribution in [2.24, 2.45) is 11.8 Å². The normalized spacial score (nSPS) is 22.6. The van der Waals surface area contributed by atoms with Crippen LogP contribution in [0.1, 0.15) is 48.8 Å². The number of aliphatic hydroxyl groups is 1. The first-order chi connectivity index (χ1) is 26.0. The molecule has 0 spiro atoms. The summed E-state index contributed by atoms with van der Waals surface area (Å²) in [6, 6.07) is 13.0. The van der Waals surface area contributed by atoms with Gasteiger partial charge in [0.2, 0.25) is 0 Å². The maximum atomic E-state index is 15.5. The van der Waals surface area contributed by atoms with Crippen molar-refractivity contribution in [3.8, 4) is 11.4 Å². The van der Waals surface area contributed by atoms with E-state index in [1.807, 2.05) is 79.8 Å². The summed E-state index contributed by atoms with van der Waals surface area (Å²) < 4.78 is 69.5. The van der Waals surface area contributed by atoms with Crippen molar-refractivity contribution < 1.29 is 27.5 Å². The minimum Gasteiger partial charge on any atom is -0.493 e. The van der Waals surface area contributed by atoms with Gasteiger partial charge in [0.1, 0.15) is 23.7 Å². The molecule has 0 unspecified atom stereocenters. The van der Waals surface area contributed by atoms with Gasteiger partial charge < -0.3 is 24.4 Å². The van der Waals surface area contributed by atoms with Gasteiger partial charge in [-0.25, -0.2) is 22.8 Å². The molecule has 1 N–H and O–H groups in total. The van der Waals surface area contributed by atoms with Crippen LogP contribution in [0.15, 0.2) is 102 Å². The Kier molecular flexibility index (Phi) is 9.04. The van der Waals surface area contributed by atoms with Gasteiger partial charge in [0.05, 0.1) is 40.8 Å². The Balaban J connectivity index is 0.946. The topological polar surface area (TPSA) is 85.0 Å². The number of nitrogens with zero attached hydrogens (tertiary/aromatic N) is 5. The average molecular weight is 701 g/mol. The molecular weight excluding hydrogens is 652 g/mol. The van der Waals surface area contributed by atoms with Crippen LogP contribution in [0.25, 0.3) is 5.69 Å². The van der Waals surface area contributed by atoms with Gasteiger partial charge in [-0.3, -0.25) is 0 Å². The molecule has 3 aliphatic rings. The second kappa shape index (κ2) is 14.9. The Morgan fingerprint density at radius 1 is 1.00 bits per heavy atom. The highest BCUT2D eigenvalue weighted by Gasteiger charge is 2.45. The van der Waals surface area contributed by atoms with Crippen molar-refractivity contribution in [3.63, 3.8) is 0 Å². The third-order valence-electron chi connectivity index (χ3n) is 10.2. The summed E-state index contributed by atoms with van der Waals surface area (Å²) in [6.07, 6.45) is 9.68. The van der Waals surface area contributed by atoms with Crippen LogP contribution in [-0.4, -0.2) is 65.0 Å². The van der Waals surface area contributed by atoms with Crippen molar-refractivity contribution in [3.05, 3.63) is 125 Å². The van der Waals surface area contributed by atoms with E-state index in [1.165, 1.54) is 15.6 Å². The van der Waals surface area contributed by atoms with E-state index in [-0.39, 0.29) is 42.3 Å². The fourth-order valence-corrected chi connectivity index (χ4v) is 7.51. The van der Waals surface area contributed by atoms with E-state index in [0.717, 1.165) is 37.6 Å².